The average Bonchev–Trinajstić information content (AvgIpc) is 2.48. The predicted molar refractivity (Wildman–Crippen MR) is 97.7 cm³/mol. The summed E-state index contributed by atoms with van der Waals surface area (Å²) in [5, 5.41) is 0.810. The number of quaternary nitrogens is 2. The van der Waals surface area contributed by atoms with Crippen LogP contribution in [-0.2, 0) is 16.1 Å². The zero-order valence-corrected chi connectivity index (χ0v) is 16.2. The summed E-state index contributed by atoms with van der Waals surface area (Å²) >= 11 is 6.31. The van der Waals surface area contributed by atoms with Crippen molar-refractivity contribution in [3.05, 3.63) is 34.9 Å². The van der Waals surface area contributed by atoms with Crippen LogP contribution >= 0.6 is 11.6 Å². The van der Waals surface area contributed by atoms with E-state index in [0.717, 1.165) is 58.6 Å². The van der Waals surface area contributed by atoms with E-state index in [1.54, 1.807) is 0 Å². The van der Waals surface area contributed by atoms with Crippen LogP contribution < -0.4 is 0 Å². The van der Waals surface area contributed by atoms with Gasteiger partial charge in [-0.05, 0) is 18.9 Å². The van der Waals surface area contributed by atoms with Gasteiger partial charge in [-0.15, -0.1) is 0 Å². The lowest BCUT2D eigenvalue weighted by Crippen LogP contribution is -2.52. The molecule has 4 nitrogen and oxygen atoms in total. The molecule has 1 aliphatic rings. The Morgan fingerprint density at radius 2 is 2.04 bits per heavy atom. The highest BCUT2D eigenvalue weighted by Gasteiger charge is 2.36. The average molecular weight is 355 g/mol. The Morgan fingerprint density at radius 3 is 2.71 bits per heavy atom. The van der Waals surface area contributed by atoms with E-state index in [1.165, 1.54) is 0 Å². The molecule has 1 fully saturated rings. The van der Waals surface area contributed by atoms with Gasteiger partial charge in [0.25, 0.3) is 0 Å². The number of hydrogen-bond acceptors (Lipinski definition) is 2. The maximum Gasteiger partial charge on any atom is 0.314 e. The lowest BCUT2D eigenvalue weighted by atomic mass is 9.95. The number of likely N-dealkylation sites (tertiary alicyclic amines) is 1. The van der Waals surface area contributed by atoms with Gasteiger partial charge in [-0.25, -0.2) is 0 Å². The quantitative estimate of drug-likeness (QED) is 0.580. The zero-order valence-electron chi connectivity index (χ0n) is 15.4. The third-order valence-corrected chi connectivity index (χ3v) is 5.13. The number of halogens is 1. The van der Waals surface area contributed by atoms with Crippen LogP contribution in [0.15, 0.2) is 24.3 Å². The van der Waals surface area contributed by atoms with Crippen LogP contribution in [0.3, 0.4) is 0 Å². The Hall–Kier alpha value is -1.10. The van der Waals surface area contributed by atoms with Crippen LogP contribution in [0.5, 0.6) is 0 Å². The molecule has 1 unspecified atom stereocenters. The molecule has 0 aliphatic carbocycles. The first kappa shape index (κ1) is 19.2. The van der Waals surface area contributed by atoms with Crippen molar-refractivity contribution in [2.75, 3.05) is 54.4 Å². The summed E-state index contributed by atoms with van der Waals surface area (Å²) in [6.07, 6.45) is 1.98. The van der Waals surface area contributed by atoms with Gasteiger partial charge in [0.2, 0.25) is 0 Å². The number of ether oxygens (including phenoxy) is 1. The van der Waals surface area contributed by atoms with Crippen LogP contribution in [0, 0.1) is 5.92 Å². The van der Waals surface area contributed by atoms with E-state index >= 15 is 0 Å². The number of piperidine rings is 1. The smallest absolute Gasteiger partial charge is 0.314 e. The second-order valence-electron chi connectivity index (χ2n) is 8.30. The van der Waals surface area contributed by atoms with E-state index in [2.05, 4.69) is 34.3 Å². The fourth-order valence-corrected chi connectivity index (χ4v) is 3.54. The highest BCUT2D eigenvalue weighted by molar-refractivity contribution is 6.31. The lowest BCUT2D eigenvalue weighted by Gasteiger charge is -2.40. The van der Waals surface area contributed by atoms with Gasteiger partial charge in [-0.1, -0.05) is 29.8 Å². The number of nitrogens with zero attached hydrogens (tertiary/aromatic N) is 2. The molecule has 24 heavy (non-hydrogen) atoms. The third-order valence-electron chi connectivity index (χ3n) is 4.76. The standard InChI is InChI=1S/C19H31ClN2O2/c1-21(2,3)12-13-24-19(23)17-9-7-11-22(4,15-17)14-16-8-5-6-10-18(16)20/h5-6,8,10,17H,7,9,11-15H2,1-4H3/q+2/t17-,22?/m1/s1. The Morgan fingerprint density at radius 1 is 1.33 bits per heavy atom. The molecule has 1 heterocycles. The van der Waals surface area contributed by atoms with E-state index in [9.17, 15) is 4.79 Å². The molecule has 2 rings (SSSR count). The molecule has 2 atom stereocenters. The van der Waals surface area contributed by atoms with Crippen molar-refractivity contribution >= 4 is 17.6 Å². The minimum absolute atomic E-state index is 0.00120. The fraction of sp³-hybridized carbons (Fsp3) is 0.632. The molecule has 1 saturated heterocycles. The second-order valence-corrected chi connectivity index (χ2v) is 8.70. The molecular formula is C19H31ClN2O2+2. The Labute approximate surface area is 151 Å². The minimum atomic E-state index is -0.0355. The molecule has 0 saturated carbocycles. The number of likely N-dealkylation sites (N-methyl/N-ethyl adjacent to an activating group) is 1. The first-order valence-corrected chi connectivity index (χ1v) is 9.10. The topological polar surface area (TPSA) is 26.3 Å². The fourth-order valence-electron chi connectivity index (χ4n) is 3.35. The molecule has 1 aliphatic heterocycles. The predicted octanol–water partition coefficient (Wildman–Crippen LogP) is 2.95. The van der Waals surface area contributed by atoms with Gasteiger partial charge in [0.1, 0.15) is 25.6 Å². The van der Waals surface area contributed by atoms with Gasteiger partial charge < -0.3 is 13.7 Å². The van der Waals surface area contributed by atoms with Crippen molar-refractivity contribution in [3.8, 4) is 0 Å². The van der Waals surface area contributed by atoms with E-state index < -0.39 is 0 Å². The van der Waals surface area contributed by atoms with E-state index in [0.29, 0.717) is 6.61 Å². The van der Waals surface area contributed by atoms with Crippen molar-refractivity contribution < 1.29 is 18.5 Å². The Kier molecular flexibility index (Phi) is 6.29. The van der Waals surface area contributed by atoms with Crippen molar-refractivity contribution in [2.45, 2.75) is 19.4 Å². The highest BCUT2D eigenvalue weighted by atomic mass is 35.5. The summed E-state index contributed by atoms with van der Waals surface area (Å²) < 4.78 is 7.18. The van der Waals surface area contributed by atoms with Crippen LogP contribution in [-0.4, -0.2) is 69.4 Å². The van der Waals surface area contributed by atoms with Crippen molar-refractivity contribution in [3.63, 3.8) is 0 Å². The normalized spacial score (nSPS) is 24.6. The first-order valence-electron chi connectivity index (χ1n) is 8.73. The summed E-state index contributed by atoms with van der Waals surface area (Å²) in [5.74, 6) is -0.0367. The summed E-state index contributed by atoms with van der Waals surface area (Å²) in [5.41, 5.74) is 1.15. The van der Waals surface area contributed by atoms with Gasteiger partial charge in [0.15, 0.2) is 0 Å². The number of carbonyl (C=O) groups is 1. The number of hydrogen-bond donors (Lipinski definition) is 0. The van der Waals surface area contributed by atoms with E-state index in [1.807, 2.05) is 18.2 Å². The maximum atomic E-state index is 12.4. The van der Waals surface area contributed by atoms with Gasteiger partial charge in [0, 0.05) is 10.6 Å². The van der Waals surface area contributed by atoms with Gasteiger partial charge >= 0.3 is 5.97 Å². The molecule has 5 heteroatoms. The molecule has 0 radical (unpaired) electrons. The molecule has 0 aromatic heterocycles. The molecule has 0 bridgehead atoms. The van der Waals surface area contributed by atoms with Gasteiger partial charge in [0.05, 0.1) is 41.3 Å². The molecule has 1 aromatic carbocycles. The van der Waals surface area contributed by atoms with Crippen molar-refractivity contribution in [1.82, 2.24) is 0 Å². The summed E-state index contributed by atoms with van der Waals surface area (Å²) in [4.78, 5) is 12.4. The minimum Gasteiger partial charge on any atom is -0.459 e. The van der Waals surface area contributed by atoms with Crippen LogP contribution in [0.1, 0.15) is 18.4 Å². The summed E-state index contributed by atoms with van der Waals surface area (Å²) in [6, 6.07) is 7.99. The van der Waals surface area contributed by atoms with E-state index in [-0.39, 0.29) is 11.9 Å². The Bertz CT molecular complexity index is 571. The molecular weight excluding hydrogens is 324 g/mol. The van der Waals surface area contributed by atoms with Crippen molar-refractivity contribution in [2.24, 2.45) is 5.92 Å². The molecule has 0 amide bonds. The molecule has 1 aromatic rings. The molecule has 0 spiro atoms. The largest absolute Gasteiger partial charge is 0.459 e. The van der Waals surface area contributed by atoms with Crippen LogP contribution in [0.4, 0.5) is 0 Å². The maximum absolute atomic E-state index is 12.4. The monoisotopic (exact) mass is 354 g/mol. The number of esters is 1. The lowest BCUT2D eigenvalue weighted by molar-refractivity contribution is -0.929. The van der Waals surface area contributed by atoms with Crippen molar-refractivity contribution in [1.29, 1.82) is 0 Å². The van der Waals surface area contributed by atoms with Crippen LogP contribution in [0.25, 0.3) is 0 Å². The van der Waals surface area contributed by atoms with Gasteiger partial charge in [-0.2, -0.15) is 0 Å². The third kappa shape index (κ3) is 5.76. The summed E-state index contributed by atoms with van der Waals surface area (Å²) in [7, 11) is 8.53. The zero-order chi connectivity index (χ0) is 17.8. The first-order chi connectivity index (χ1) is 11.2. The number of benzene rings is 1. The molecule has 134 valence electrons. The van der Waals surface area contributed by atoms with Crippen LogP contribution in [0.2, 0.25) is 5.02 Å². The Balaban J connectivity index is 1.93. The van der Waals surface area contributed by atoms with E-state index in [4.69, 9.17) is 16.3 Å². The highest BCUT2D eigenvalue weighted by Crippen LogP contribution is 2.27. The summed E-state index contributed by atoms with van der Waals surface area (Å²) in [6.45, 7) is 4.10. The SMILES string of the molecule is C[N+](C)(C)CCOC(=O)[C@@H]1CCC[N+](C)(Cc2ccccc2Cl)C1. The number of carbonyl (C=O) groups excluding carboxylic acids is 1. The molecule has 0 N–H and O–H groups in total. The van der Waals surface area contributed by atoms with Gasteiger partial charge in [-0.3, -0.25) is 4.79 Å². The second kappa shape index (κ2) is 7.85. The number of rotatable bonds is 6.